The third-order valence-corrected chi connectivity index (χ3v) is 7.67. The van der Waals surface area contributed by atoms with Crippen LogP contribution in [-0.4, -0.2) is 40.9 Å². The summed E-state index contributed by atoms with van der Waals surface area (Å²) in [7, 11) is 0. The van der Waals surface area contributed by atoms with E-state index >= 15 is 8.63 Å². The van der Waals surface area contributed by atoms with Crippen molar-refractivity contribution in [2.24, 2.45) is 0 Å². The predicted molar refractivity (Wildman–Crippen MR) is 149 cm³/mol. The SMILES string of the molecule is Cc1ccc(C2=C3C=CC(n4cnc5ccccc54)=[N+]3[B-](F)(F)n3c2ccc3-n2cnc3ccccc32)cc1. The number of fused-ring (bicyclic) bond motifs is 4. The van der Waals surface area contributed by atoms with Crippen LogP contribution in [0.15, 0.2) is 115 Å². The molecule has 188 valence electrons. The van der Waals surface area contributed by atoms with E-state index in [2.05, 4.69) is 9.97 Å². The number of para-hydroxylation sites is 4. The number of benzene rings is 3. The molecule has 2 aliphatic rings. The number of rotatable bonds is 2. The molecule has 39 heavy (non-hydrogen) atoms. The van der Waals surface area contributed by atoms with Crippen molar-refractivity contribution in [3.63, 3.8) is 0 Å². The maximum absolute atomic E-state index is 17.0. The fourth-order valence-corrected chi connectivity index (χ4v) is 5.87. The van der Waals surface area contributed by atoms with Crippen molar-refractivity contribution >= 4 is 40.4 Å². The summed E-state index contributed by atoms with van der Waals surface area (Å²) in [5, 5.41) is 0. The fourth-order valence-electron chi connectivity index (χ4n) is 5.87. The van der Waals surface area contributed by atoms with Crippen molar-refractivity contribution in [3.05, 3.63) is 132 Å². The first kappa shape index (κ1) is 22.0. The zero-order chi connectivity index (χ0) is 26.3. The van der Waals surface area contributed by atoms with Gasteiger partial charge in [0, 0.05) is 17.3 Å². The Balaban J connectivity index is 1.46. The number of hydrogen-bond acceptors (Lipinski definition) is 2. The molecule has 8 rings (SSSR count). The van der Waals surface area contributed by atoms with E-state index in [4.69, 9.17) is 0 Å². The molecule has 0 N–H and O–H groups in total. The molecule has 5 heterocycles. The van der Waals surface area contributed by atoms with Crippen LogP contribution in [0.3, 0.4) is 0 Å². The Morgan fingerprint density at radius 3 is 2.08 bits per heavy atom. The maximum atomic E-state index is 17.0. The molecule has 0 radical (unpaired) electrons. The molecule has 0 saturated heterocycles. The van der Waals surface area contributed by atoms with Crippen molar-refractivity contribution in [1.82, 2.24) is 23.6 Å². The smallest absolute Gasteiger partial charge is 0.414 e. The van der Waals surface area contributed by atoms with Gasteiger partial charge in [0.2, 0.25) is 5.84 Å². The summed E-state index contributed by atoms with van der Waals surface area (Å²) in [4.78, 5) is 8.94. The first-order chi connectivity index (χ1) is 19.0. The molecule has 0 saturated carbocycles. The van der Waals surface area contributed by atoms with Gasteiger partial charge in [0.15, 0.2) is 11.8 Å². The lowest BCUT2D eigenvalue weighted by Gasteiger charge is -2.37. The van der Waals surface area contributed by atoms with Crippen LogP contribution in [0.4, 0.5) is 8.63 Å². The molecule has 3 aromatic heterocycles. The standard InChI is InChI=1S/C30H21BF2N6/c1-20-10-12-21(13-11-20)30-26-14-16-28(36-18-34-22-6-2-4-8-24(22)36)38(26)31(32,33)39-27(30)15-17-29(39)37-19-35-23-7-3-5-9-25(23)37/h2-19H,1H3. The summed E-state index contributed by atoms with van der Waals surface area (Å²) in [5.74, 6) is 0.711. The lowest BCUT2D eigenvalue weighted by Crippen LogP contribution is -2.52. The third-order valence-electron chi connectivity index (χ3n) is 7.67. The van der Waals surface area contributed by atoms with Crippen LogP contribution in [0, 0.1) is 6.92 Å². The molecule has 3 aromatic carbocycles. The van der Waals surface area contributed by atoms with Crippen molar-refractivity contribution in [3.8, 4) is 5.82 Å². The van der Waals surface area contributed by atoms with Gasteiger partial charge >= 0.3 is 6.97 Å². The molecule has 0 spiro atoms. The normalized spacial score (nSPS) is 16.0. The van der Waals surface area contributed by atoms with Gasteiger partial charge < -0.3 is 17.6 Å². The topological polar surface area (TPSA) is 43.6 Å². The quantitative estimate of drug-likeness (QED) is 0.266. The van der Waals surface area contributed by atoms with Crippen molar-refractivity contribution in [1.29, 1.82) is 0 Å². The molecule has 0 bridgehead atoms. The Kier molecular flexibility index (Phi) is 4.36. The summed E-state index contributed by atoms with van der Waals surface area (Å²) < 4.78 is 39.9. The molecule has 9 heteroatoms. The van der Waals surface area contributed by atoms with E-state index in [1.807, 2.05) is 79.7 Å². The van der Waals surface area contributed by atoms with E-state index in [9.17, 15) is 0 Å². The molecular weight excluding hydrogens is 493 g/mol. The van der Waals surface area contributed by atoms with Gasteiger partial charge in [0.25, 0.3) is 0 Å². The van der Waals surface area contributed by atoms with Gasteiger partial charge in [-0.3, -0.25) is 4.57 Å². The monoisotopic (exact) mass is 514 g/mol. The van der Waals surface area contributed by atoms with Crippen LogP contribution in [0.5, 0.6) is 0 Å². The lowest BCUT2D eigenvalue weighted by atomic mass is 9.86. The molecule has 0 aliphatic carbocycles. The fraction of sp³-hybridized carbons (Fsp3) is 0.0333. The minimum absolute atomic E-state index is 0.356. The van der Waals surface area contributed by atoms with Gasteiger partial charge in [-0.1, -0.05) is 54.1 Å². The Morgan fingerprint density at radius 1 is 0.718 bits per heavy atom. The highest BCUT2D eigenvalue weighted by Gasteiger charge is 2.50. The number of nitrogens with zero attached hydrogens (tertiary/aromatic N) is 6. The molecule has 0 fully saturated rings. The third kappa shape index (κ3) is 2.98. The first-order valence-electron chi connectivity index (χ1n) is 12.8. The van der Waals surface area contributed by atoms with E-state index in [1.54, 1.807) is 46.1 Å². The van der Waals surface area contributed by atoms with Crippen molar-refractivity contribution in [2.45, 2.75) is 6.92 Å². The summed E-state index contributed by atoms with van der Waals surface area (Å²) in [6.45, 7) is -2.29. The highest BCUT2D eigenvalue weighted by Crippen LogP contribution is 2.42. The zero-order valence-electron chi connectivity index (χ0n) is 20.9. The highest BCUT2D eigenvalue weighted by atomic mass is 19.2. The maximum Gasteiger partial charge on any atom is 0.640 e. The molecule has 2 aliphatic heterocycles. The van der Waals surface area contributed by atoms with Crippen molar-refractivity contribution in [2.75, 3.05) is 0 Å². The average molecular weight is 514 g/mol. The van der Waals surface area contributed by atoms with Gasteiger partial charge in [-0.05, 0) is 55.0 Å². The molecular formula is C30H21BF2N6. The molecule has 0 atom stereocenters. The second-order valence-corrected chi connectivity index (χ2v) is 9.93. The predicted octanol–water partition coefficient (Wildman–Crippen LogP) is 6.01. The first-order valence-corrected chi connectivity index (χ1v) is 12.8. The van der Waals surface area contributed by atoms with Crippen LogP contribution in [0.1, 0.15) is 16.8 Å². The summed E-state index contributed by atoms with van der Waals surface area (Å²) >= 11 is 0. The van der Waals surface area contributed by atoms with Crippen molar-refractivity contribution < 1.29 is 13.1 Å². The molecule has 0 unspecified atom stereocenters. The number of hydrogen-bond donors (Lipinski definition) is 0. The number of allylic oxidation sites excluding steroid dienone is 2. The summed E-state index contributed by atoms with van der Waals surface area (Å²) in [5.41, 5.74) is 6.66. The number of aryl methyl sites for hydroxylation is 1. The molecule has 6 aromatic rings. The minimum atomic E-state index is -4.31. The van der Waals surface area contributed by atoms with E-state index in [0.29, 0.717) is 23.0 Å². The Hall–Kier alpha value is -5.05. The van der Waals surface area contributed by atoms with E-state index in [0.717, 1.165) is 38.8 Å². The Morgan fingerprint density at radius 2 is 1.36 bits per heavy atom. The van der Waals surface area contributed by atoms with Gasteiger partial charge in [-0.15, -0.1) is 0 Å². The minimum Gasteiger partial charge on any atom is -0.414 e. The van der Waals surface area contributed by atoms with Crippen LogP contribution in [0.25, 0.3) is 33.5 Å². The van der Waals surface area contributed by atoms with Crippen LogP contribution < -0.4 is 0 Å². The Labute approximate surface area is 222 Å². The van der Waals surface area contributed by atoms with Gasteiger partial charge in [0.05, 0.1) is 22.5 Å². The van der Waals surface area contributed by atoms with Crippen LogP contribution in [0.2, 0.25) is 0 Å². The van der Waals surface area contributed by atoms with Gasteiger partial charge in [-0.2, -0.15) is 4.57 Å². The number of halogens is 2. The molecule has 0 amide bonds. The second-order valence-electron chi connectivity index (χ2n) is 9.93. The van der Waals surface area contributed by atoms with Gasteiger partial charge in [-0.25, -0.2) is 9.97 Å². The van der Waals surface area contributed by atoms with E-state index in [1.165, 1.54) is 8.96 Å². The van der Waals surface area contributed by atoms with Crippen LogP contribution >= 0.6 is 0 Å². The highest BCUT2D eigenvalue weighted by molar-refractivity contribution is 6.58. The van der Waals surface area contributed by atoms with E-state index < -0.39 is 6.97 Å². The largest absolute Gasteiger partial charge is 0.640 e. The zero-order valence-corrected chi connectivity index (χ0v) is 20.9. The lowest BCUT2D eigenvalue weighted by molar-refractivity contribution is -0.363. The Bertz CT molecular complexity index is 2060. The number of aromatic nitrogens is 5. The molecule has 6 nitrogen and oxygen atoms in total. The average Bonchev–Trinajstić information content (AvgIpc) is 3.73. The summed E-state index contributed by atoms with van der Waals surface area (Å²) in [6.07, 6.45) is 6.77. The summed E-state index contributed by atoms with van der Waals surface area (Å²) in [6, 6.07) is 26.7. The van der Waals surface area contributed by atoms with E-state index in [-0.39, 0.29) is 0 Å². The number of imidazole rings is 2. The second kappa shape index (κ2) is 7.74. The van der Waals surface area contributed by atoms with Gasteiger partial charge in [0.1, 0.15) is 11.8 Å². The van der Waals surface area contributed by atoms with Crippen LogP contribution in [-0.2, 0) is 0 Å².